The summed E-state index contributed by atoms with van der Waals surface area (Å²) >= 11 is 0. The molecule has 2 aromatic rings. The van der Waals surface area contributed by atoms with E-state index in [4.69, 9.17) is 0 Å². The lowest BCUT2D eigenvalue weighted by Crippen LogP contribution is -2.68. The van der Waals surface area contributed by atoms with Crippen LogP contribution in [-0.4, -0.2) is 40.2 Å². The molecule has 0 aliphatic carbocycles. The van der Waals surface area contributed by atoms with E-state index in [-0.39, 0.29) is 6.04 Å². The summed E-state index contributed by atoms with van der Waals surface area (Å²) in [6.07, 6.45) is 5.93. The lowest BCUT2D eigenvalue weighted by molar-refractivity contribution is -0.971. The van der Waals surface area contributed by atoms with Gasteiger partial charge in [0.1, 0.15) is 12.1 Å². The first-order valence-corrected chi connectivity index (χ1v) is 9.18. The fourth-order valence-corrected chi connectivity index (χ4v) is 5.23. The molecule has 126 valence electrons. The van der Waals surface area contributed by atoms with Crippen LogP contribution in [0.15, 0.2) is 49.2 Å². The van der Waals surface area contributed by atoms with Crippen molar-refractivity contribution in [2.75, 3.05) is 19.6 Å². The van der Waals surface area contributed by atoms with Gasteiger partial charge in [-0.3, -0.25) is 4.98 Å². The molecule has 0 spiro atoms. The summed E-state index contributed by atoms with van der Waals surface area (Å²) in [5.41, 5.74) is 2.01. The fourth-order valence-electron chi connectivity index (χ4n) is 5.23. The Morgan fingerprint density at radius 2 is 2.21 bits per heavy atom. The van der Waals surface area contributed by atoms with Gasteiger partial charge in [-0.05, 0) is 30.5 Å². The average molecular weight is 323 g/mol. The third-order valence-corrected chi connectivity index (χ3v) is 6.67. The molecule has 3 fully saturated rings. The second-order valence-electron chi connectivity index (χ2n) is 7.55. The SMILES string of the molecule is C=C[C@H]1C[N@+]2(CC)CC[C@H]1C[C@@H]2[C@@H](O)c1ccnc2ccccc12. The van der Waals surface area contributed by atoms with E-state index in [0.717, 1.165) is 40.5 Å². The average Bonchev–Trinajstić information content (AvgIpc) is 2.67. The summed E-state index contributed by atoms with van der Waals surface area (Å²) in [5, 5.41) is 12.4. The number of rotatable bonds is 4. The number of aromatic nitrogens is 1. The Kier molecular flexibility index (Phi) is 3.93. The van der Waals surface area contributed by atoms with Crippen molar-refractivity contribution in [3.63, 3.8) is 0 Å². The molecule has 5 atom stereocenters. The molecular formula is C21H27N2O+. The Morgan fingerprint density at radius 3 is 3.00 bits per heavy atom. The minimum atomic E-state index is -0.425. The van der Waals surface area contributed by atoms with Crippen molar-refractivity contribution in [3.8, 4) is 0 Å². The standard InChI is InChI=1S/C21H27N2O/c1-3-15-14-23(4-2)12-10-16(15)13-20(23)21(24)18-9-11-22-19-8-6-5-7-17(18)19/h3,5-9,11,15-16,20-21,24H,1,4,10,12-14H2,2H3/q+1/t15-,16-,20+,21-,23-/m0/s1. The number of nitrogens with zero attached hydrogens (tertiary/aromatic N) is 2. The van der Waals surface area contributed by atoms with Crippen LogP contribution in [0.25, 0.3) is 10.9 Å². The maximum Gasteiger partial charge on any atom is 0.131 e. The normalized spacial score (nSPS) is 33.5. The maximum absolute atomic E-state index is 11.4. The summed E-state index contributed by atoms with van der Waals surface area (Å²) in [6, 6.07) is 10.4. The van der Waals surface area contributed by atoms with Crippen LogP contribution in [-0.2, 0) is 0 Å². The topological polar surface area (TPSA) is 33.1 Å². The number of aliphatic hydroxyl groups is 1. The first-order chi connectivity index (χ1) is 11.7. The lowest BCUT2D eigenvalue weighted by atomic mass is 9.71. The van der Waals surface area contributed by atoms with E-state index in [0.29, 0.717) is 11.8 Å². The molecule has 0 unspecified atom stereocenters. The third-order valence-electron chi connectivity index (χ3n) is 6.67. The molecule has 5 rings (SSSR count). The molecule has 0 saturated carbocycles. The molecule has 3 nitrogen and oxygen atoms in total. The molecule has 0 amide bonds. The number of piperidine rings is 3. The second-order valence-corrected chi connectivity index (χ2v) is 7.55. The fraction of sp³-hybridized carbons (Fsp3) is 0.476. The van der Waals surface area contributed by atoms with Crippen molar-refractivity contribution in [2.45, 2.75) is 31.9 Å². The minimum Gasteiger partial charge on any atom is -0.382 e. The zero-order valence-electron chi connectivity index (χ0n) is 14.4. The number of likely N-dealkylation sites (N-methyl/N-ethyl adjacent to an activating group) is 1. The van der Waals surface area contributed by atoms with Crippen LogP contribution in [0.5, 0.6) is 0 Å². The highest BCUT2D eigenvalue weighted by atomic mass is 16.3. The van der Waals surface area contributed by atoms with Gasteiger partial charge in [-0.15, -0.1) is 6.58 Å². The predicted molar refractivity (Wildman–Crippen MR) is 97.4 cm³/mol. The number of hydrogen-bond donors (Lipinski definition) is 1. The molecular weight excluding hydrogens is 296 g/mol. The van der Waals surface area contributed by atoms with Gasteiger partial charge in [-0.25, -0.2) is 0 Å². The van der Waals surface area contributed by atoms with Crippen LogP contribution in [0.1, 0.15) is 31.4 Å². The first-order valence-electron chi connectivity index (χ1n) is 9.18. The quantitative estimate of drug-likeness (QED) is 0.687. The van der Waals surface area contributed by atoms with Crippen LogP contribution < -0.4 is 0 Å². The summed E-state index contributed by atoms with van der Waals surface area (Å²) in [7, 11) is 0. The summed E-state index contributed by atoms with van der Waals surface area (Å²) in [5.74, 6) is 1.29. The Morgan fingerprint density at radius 1 is 1.38 bits per heavy atom. The maximum atomic E-state index is 11.4. The van der Waals surface area contributed by atoms with Crippen molar-refractivity contribution in [1.29, 1.82) is 0 Å². The highest BCUT2D eigenvalue weighted by molar-refractivity contribution is 5.82. The van der Waals surface area contributed by atoms with Gasteiger partial charge in [0.15, 0.2) is 0 Å². The van der Waals surface area contributed by atoms with Crippen LogP contribution in [0.3, 0.4) is 0 Å². The number of quaternary nitrogens is 1. The Bertz CT molecular complexity index is 753. The molecule has 3 aliphatic rings. The molecule has 3 aliphatic heterocycles. The van der Waals surface area contributed by atoms with Gasteiger partial charge < -0.3 is 9.59 Å². The van der Waals surface area contributed by atoms with Crippen molar-refractivity contribution >= 4 is 10.9 Å². The van der Waals surface area contributed by atoms with Gasteiger partial charge in [-0.2, -0.15) is 0 Å². The van der Waals surface area contributed by atoms with E-state index in [1.54, 1.807) is 0 Å². The number of para-hydroxylation sites is 1. The largest absolute Gasteiger partial charge is 0.382 e. The lowest BCUT2D eigenvalue weighted by Gasteiger charge is -2.57. The van der Waals surface area contributed by atoms with E-state index in [2.05, 4.69) is 30.6 Å². The van der Waals surface area contributed by atoms with Gasteiger partial charge in [0.2, 0.25) is 0 Å². The number of hydrogen-bond acceptors (Lipinski definition) is 2. The molecule has 3 heteroatoms. The van der Waals surface area contributed by atoms with Crippen LogP contribution in [0, 0.1) is 11.8 Å². The van der Waals surface area contributed by atoms with Crippen LogP contribution in [0.2, 0.25) is 0 Å². The molecule has 4 heterocycles. The smallest absolute Gasteiger partial charge is 0.131 e. The molecule has 1 aromatic carbocycles. The summed E-state index contributed by atoms with van der Waals surface area (Å²) < 4.78 is 1.03. The van der Waals surface area contributed by atoms with E-state index < -0.39 is 6.10 Å². The summed E-state index contributed by atoms with van der Waals surface area (Å²) in [4.78, 5) is 4.45. The molecule has 1 N–H and O–H groups in total. The monoisotopic (exact) mass is 323 g/mol. The number of pyridine rings is 1. The third kappa shape index (κ3) is 2.30. The number of aliphatic hydroxyl groups excluding tert-OH is 1. The highest BCUT2D eigenvalue weighted by Crippen LogP contribution is 2.46. The van der Waals surface area contributed by atoms with Gasteiger partial charge in [0.05, 0.1) is 25.2 Å². The van der Waals surface area contributed by atoms with Gasteiger partial charge in [0.25, 0.3) is 0 Å². The zero-order valence-corrected chi connectivity index (χ0v) is 14.4. The summed E-state index contributed by atoms with van der Waals surface area (Å²) in [6.45, 7) is 9.74. The Balaban J connectivity index is 1.74. The molecule has 24 heavy (non-hydrogen) atoms. The molecule has 3 saturated heterocycles. The molecule has 2 bridgehead atoms. The Hall–Kier alpha value is -1.71. The van der Waals surface area contributed by atoms with E-state index in [1.165, 1.54) is 13.0 Å². The number of fused-ring (bicyclic) bond motifs is 4. The van der Waals surface area contributed by atoms with Gasteiger partial charge >= 0.3 is 0 Å². The predicted octanol–water partition coefficient (Wildman–Crippen LogP) is 3.70. The zero-order chi connectivity index (χ0) is 16.7. The van der Waals surface area contributed by atoms with Gasteiger partial charge in [-0.1, -0.05) is 24.3 Å². The highest BCUT2D eigenvalue weighted by Gasteiger charge is 2.53. The van der Waals surface area contributed by atoms with E-state index in [1.807, 2.05) is 30.5 Å². The van der Waals surface area contributed by atoms with Crippen molar-refractivity contribution in [2.24, 2.45) is 11.8 Å². The minimum absolute atomic E-state index is 0.288. The van der Waals surface area contributed by atoms with Crippen molar-refractivity contribution in [3.05, 3.63) is 54.7 Å². The Labute approximate surface area is 144 Å². The van der Waals surface area contributed by atoms with Gasteiger partial charge in [0, 0.05) is 30.3 Å². The molecule has 1 aromatic heterocycles. The van der Waals surface area contributed by atoms with E-state index in [9.17, 15) is 5.11 Å². The van der Waals surface area contributed by atoms with Crippen molar-refractivity contribution < 1.29 is 9.59 Å². The van der Waals surface area contributed by atoms with E-state index >= 15 is 0 Å². The van der Waals surface area contributed by atoms with Crippen LogP contribution >= 0.6 is 0 Å². The van der Waals surface area contributed by atoms with Crippen molar-refractivity contribution in [1.82, 2.24) is 4.98 Å². The first kappa shape index (κ1) is 15.8. The number of benzene rings is 1. The second kappa shape index (κ2) is 5.98. The van der Waals surface area contributed by atoms with Crippen LogP contribution in [0.4, 0.5) is 0 Å². The molecule has 0 radical (unpaired) electrons.